The molecule has 16 heavy (non-hydrogen) atoms. The molecule has 2 saturated heterocycles. The maximum absolute atomic E-state index is 13.3. The first-order chi connectivity index (χ1) is 7.65. The maximum atomic E-state index is 13.3. The SMILES string of the molecule is Cc1nc(C2CC3CCC2O3)nc(N)c1F. The number of rotatable bonds is 1. The van der Waals surface area contributed by atoms with Gasteiger partial charge in [-0.2, -0.15) is 0 Å². The summed E-state index contributed by atoms with van der Waals surface area (Å²) in [7, 11) is 0. The van der Waals surface area contributed by atoms with Gasteiger partial charge in [0.15, 0.2) is 11.6 Å². The Hall–Kier alpha value is -1.23. The maximum Gasteiger partial charge on any atom is 0.186 e. The molecule has 5 heteroatoms. The molecule has 2 bridgehead atoms. The van der Waals surface area contributed by atoms with Gasteiger partial charge in [-0.25, -0.2) is 14.4 Å². The minimum atomic E-state index is -0.507. The highest BCUT2D eigenvalue weighted by atomic mass is 19.1. The second-order valence-electron chi connectivity index (χ2n) is 4.58. The average Bonchev–Trinajstić information content (AvgIpc) is 2.86. The van der Waals surface area contributed by atoms with Crippen LogP contribution in [-0.2, 0) is 4.74 Å². The van der Waals surface area contributed by atoms with E-state index in [1.807, 2.05) is 0 Å². The molecule has 3 heterocycles. The Labute approximate surface area is 93.0 Å². The largest absolute Gasteiger partial charge is 0.381 e. The predicted molar refractivity (Wildman–Crippen MR) is 56.4 cm³/mol. The Morgan fingerprint density at radius 1 is 1.38 bits per heavy atom. The van der Waals surface area contributed by atoms with Gasteiger partial charge in [0.2, 0.25) is 0 Å². The summed E-state index contributed by atoms with van der Waals surface area (Å²) in [5.41, 5.74) is 5.84. The Balaban J connectivity index is 1.95. The minimum absolute atomic E-state index is 0.0507. The van der Waals surface area contributed by atoms with E-state index in [1.54, 1.807) is 6.92 Å². The Morgan fingerprint density at radius 3 is 2.75 bits per heavy atom. The summed E-state index contributed by atoms with van der Waals surface area (Å²) < 4.78 is 19.0. The molecule has 2 aliphatic rings. The van der Waals surface area contributed by atoms with Crippen molar-refractivity contribution in [1.29, 1.82) is 0 Å². The number of ether oxygens (including phenoxy) is 1. The van der Waals surface area contributed by atoms with Crippen LogP contribution in [0.5, 0.6) is 0 Å². The molecule has 0 aromatic carbocycles. The molecule has 3 atom stereocenters. The summed E-state index contributed by atoms with van der Waals surface area (Å²) in [6.07, 6.45) is 3.65. The lowest BCUT2D eigenvalue weighted by Gasteiger charge is -2.17. The highest BCUT2D eigenvalue weighted by Gasteiger charge is 2.43. The molecule has 2 aliphatic heterocycles. The normalized spacial score (nSPS) is 32.2. The zero-order valence-electron chi connectivity index (χ0n) is 9.11. The van der Waals surface area contributed by atoms with Crippen molar-refractivity contribution in [2.45, 2.75) is 44.3 Å². The predicted octanol–water partition coefficient (Wildman–Crippen LogP) is 1.54. The van der Waals surface area contributed by atoms with Crippen LogP contribution in [0.2, 0.25) is 0 Å². The number of hydrogen-bond donors (Lipinski definition) is 1. The van der Waals surface area contributed by atoms with Gasteiger partial charge in [-0.1, -0.05) is 0 Å². The number of anilines is 1. The first-order valence-corrected chi connectivity index (χ1v) is 5.60. The molecule has 0 spiro atoms. The van der Waals surface area contributed by atoms with E-state index in [1.165, 1.54) is 0 Å². The highest BCUT2D eigenvalue weighted by molar-refractivity contribution is 5.33. The summed E-state index contributed by atoms with van der Waals surface area (Å²) in [5.74, 6) is 0.280. The third kappa shape index (κ3) is 1.38. The van der Waals surface area contributed by atoms with Crippen molar-refractivity contribution in [3.63, 3.8) is 0 Å². The van der Waals surface area contributed by atoms with Crippen molar-refractivity contribution >= 4 is 5.82 Å². The first-order valence-electron chi connectivity index (χ1n) is 5.60. The topological polar surface area (TPSA) is 61.0 Å². The molecule has 0 radical (unpaired) electrons. The van der Waals surface area contributed by atoms with E-state index in [0.29, 0.717) is 17.6 Å². The Kier molecular flexibility index (Phi) is 2.10. The number of nitrogen functional groups attached to an aromatic ring is 1. The molecule has 0 saturated carbocycles. The molecule has 0 aliphatic carbocycles. The molecule has 3 rings (SSSR count). The smallest absolute Gasteiger partial charge is 0.186 e. The van der Waals surface area contributed by atoms with Crippen LogP contribution in [0.25, 0.3) is 0 Å². The van der Waals surface area contributed by atoms with Gasteiger partial charge in [0.05, 0.1) is 17.9 Å². The van der Waals surface area contributed by atoms with Crippen LogP contribution in [0.15, 0.2) is 0 Å². The van der Waals surface area contributed by atoms with Gasteiger partial charge in [0.1, 0.15) is 5.82 Å². The Morgan fingerprint density at radius 2 is 2.19 bits per heavy atom. The van der Waals surface area contributed by atoms with Crippen LogP contribution in [-0.4, -0.2) is 22.2 Å². The van der Waals surface area contributed by atoms with E-state index >= 15 is 0 Å². The van der Waals surface area contributed by atoms with E-state index < -0.39 is 5.82 Å². The number of aryl methyl sites for hydroxylation is 1. The van der Waals surface area contributed by atoms with E-state index in [2.05, 4.69) is 9.97 Å². The quantitative estimate of drug-likeness (QED) is 0.784. The average molecular weight is 223 g/mol. The number of nitrogens with two attached hydrogens (primary N) is 1. The van der Waals surface area contributed by atoms with Crippen LogP contribution >= 0.6 is 0 Å². The first kappa shape index (κ1) is 9.96. The van der Waals surface area contributed by atoms with E-state index in [0.717, 1.165) is 19.3 Å². The Bertz CT molecular complexity index is 414. The fourth-order valence-corrected chi connectivity index (χ4v) is 2.68. The molecule has 4 nitrogen and oxygen atoms in total. The zero-order valence-corrected chi connectivity index (χ0v) is 9.11. The third-order valence-corrected chi connectivity index (χ3v) is 3.50. The number of fused-ring (bicyclic) bond motifs is 2. The molecule has 86 valence electrons. The standard InChI is InChI=1S/C11H14FN3O/c1-5-9(12)10(13)15-11(14-5)7-4-6-2-3-8(7)16-6/h6-8H,2-4H2,1H3,(H2,13,14,15). The van der Waals surface area contributed by atoms with Crippen molar-refractivity contribution in [2.75, 3.05) is 5.73 Å². The van der Waals surface area contributed by atoms with E-state index in [-0.39, 0.29) is 17.8 Å². The fourth-order valence-electron chi connectivity index (χ4n) is 2.68. The van der Waals surface area contributed by atoms with E-state index in [9.17, 15) is 4.39 Å². The monoisotopic (exact) mass is 223 g/mol. The molecule has 2 fully saturated rings. The lowest BCUT2D eigenvalue weighted by molar-refractivity contribution is 0.0998. The fraction of sp³-hybridized carbons (Fsp3) is 0.636. The van der Waals surface area contributed by atoms with Gasteiger partial charge >= 0.3 is 0 Å². The van der Waals surface area contributed by atoms with Gasteiger partial charge in [-0.15, -0.1) is 0 Å². The van der Waals surface area contributed by atoms with E-state index in [4.69, 9.17) is 10.5 Å². The third-order valence-electron chi connectivity index (χ3n) is 3.50. The molecular formula is C11H14FN3O. The van der Waals surface area contributed by atoms with Crippen molar-refractivity contribution in [3.8, 4) is 0 Å². The van der Waals surface area contributed by atoms with Gasteiger partial charge in [0, 0.05) is 5.92 Å². The van der Waals surface area contributed by atoms with Crippen LogP contribution in [0, 0.1) is 12.7 Å². The summed E-state index contributed by atoms with van der Waals surface area (Å²) >= 11 is 0. The lowest BCUT2D eigenvalue weighted by Crippen LogP contribution is -2.19. The van der Waals surface area contributed by atoms with Crippen LogP contribution in [0.4, 0.5) is 10.2 Å². The number of hydrogen-bond acceptors (Lipinski definition) is 4. The van der Waals surface area contributed by atoms with Gasteiger partial charge in [0.25, 0.3) is 0 Å². The van der Waals surface area contributed by atoms with Crippen LogP contribution in [0.3, 0.4) is 0 Å². The summed E-state index contributed by atoms with van der Waals surface area (Å²) in [6, 6.07) is 0. The summed E-state index contributed by atoms with van der Waals surface area (Å²) in [4.78, 5) is 8.23. The van der Waals surface area contributed by atoms with Crippen LogP contribution in [0.1, 0.15) is 36.7 Å². The van der Waals surface area contributed by atoms with Crippen molar-refractivity contribution in [3.05, 3.63) is 17.3 Å². The second-order valence-corrected chi connectivity index (χ2v) is 4.58. The molecule has 1 aromatic heterocycles. The lowest BCUT2D eigenvalue weighted by atomic mass is 9.88. The highest BCUT2D eigenvalue weighted by Crippen LogP contribution is 2.43. The second kappa shape index (κ2) is 3.38. The zero-order chi connectivity index (χ0) is 11.3. The van der Waals surface area contributed by atoms with Crippen LogP contribution < -0.4 is 5.73 Å². The molecule has 0 amide bonds. The number of aromatic nitrogens is 2. The molecule has 2 N–H and O–H groups in total. The van der Waals surface area contributed by atoms with Gasteiger partial charge in [-0.05, 0) is 26.2 Å². The number of nitrogens with zero attached hydrogens (tertiary/aromatic N) is 2. The summed E-state index contributed by atoms with van der Waals surface area (Å²) in [6.45, 7) is 1.62. The molecular weight excluding hydrogens is 209 g/mol. The van der Waals surface area contributed by atoms with Crippen molar-refractivity contribution < 1.29 is 9.13 Å². The summed E-state index contributed by atoms with van der Waals surface area (Å²) in [5, 5.41) is 0. The number of halogens is 1. The van der Waals surface area contributed by atoms with Gasteiger partial charge < -0.3 is 10.5 Å². The van der Waals surface area contributed by atoms with Crippen molar-refractivity contribution in [1.82, 2.24) is 9.97 Å². The minimum Gasteiger partial charge on any atom is -0.381 e. The van der Waals surface area contributed by atoms with Gasteiger partial charge in [-0.3, -0.25) is 0 Å². The molecule has 1 aromatic rings. The van der Waals surface area contributed by atoms with Crippen molar-refractivity contribution in [2.24, 2.45) is 0 Å². The molecule has 3 unspecified atom stereocenters.